The summed E-state index contributed by atoms with van der Waals surface area (Å²) in [6.07, 6.45) is 5.64. The monoisotopic (exact) mass is 253 g/mol. The summed E-state index contributed by atoms with van der Waals surface area (Å²) >= 11 is 3.54. The average Bonchev–Trinajstić information content (AvgIpc) is 2.69. The topological polar surface area (TPSA) is 12.0 Å². The third-order valence-corrected chi connectivity index (χ3v) is 3.62. The van der Waals surface area contributed by atoms with Crippen molar-refractivity contribution in [3.63, 3.8) is 0 Å². The highest BCUT2D eigenvalue weighted by Gasteiger charge is 2.14. The molecule has 0 radical (unpaired) electrons. The van der Waals surface area contributed by atoms with E-state index in [0.717, 1.165) is 16.9 Å². The van der Waals surface area contributed by atoms with Crippen molar-refractivity contribution in [2.75, 3.05) is 11.9 Å². The van der Waals surface area contributed by atoms with E-state index in [2.05, 4.69) is 39.4 Å². The number of para-hydroxylation sites is 1. The first-order valence-corrected chi connectivity index (χ1v) is 6.14. The van der Waals surface area contributed by atoms with Gasteiger partial charge in [-0.15, -0.1) is 0 Å². The molecule has 1 aliphatic carbocycles. The molecule has 1 aromatic carbocycles. The zero-order valence-electron chi connectivity index (χ0n) is 8.30. The van der Waals surface area contributed by atoms with Gasteiger partial charge in [0.15, 0.2) is 0 Å². The van der Waals surface area contributed by atoms with Crippen molar-refractivity contribution < 1.29 is 0 Å². The van der Waals surface area contributed by atoms with Crippen molar-refractivity contribution in [1.82, 2.24) is 0 Å². The predicted molar refractivity (Wildman–Crippen MR) is 64.6 cm³/mol. The van der Waals surface area contributed by atoms with E-state index < -0.39 is 0 Å². The van der Waals surface area contributed by atoms with Gasteiger partial charge in [-0.05, 0) is 46.8 Å². The third kappa shape index (κ3) is 2.50. The third-order valence-electron chi connectivity index (χ3n) is 2.93. The second-order valence-corrected chi connectivity index (χ2v) is 4.87. The molecular formula is C12H16BrN. The highest BCUT2D eigenvalue weighted by atomic mass is 79.9. The van der Waals surface area contributed by atoms with Crippen LogP contribution in [0.2, 0.25) is 0 Å². The lowest BCUT2D eigenvalue weighted by molar-refractivity contribution is 0.580. The Morgan fingerprint density at radius 3 is 2.64 bits per heavy atom. The summed E-state index contributed by atoms with van der Waals surface area (Å²) in [5.41, 5.74) is 1.22. The highest BCUT2D eigenvalue weighted by Crippen LogP contribution is 2.26. The molecule has 1 nitrogen and oxygen atoms in total. The van der Waals surface area contributed by atoms with Crippen molar-refractivity contribution in [3.8, 4) is 0 Å². The van der Waals surface area contributed by atoms with Gasteiger partial charge in [-0.1, -0.05) is 25.0 Å². The zero-order valence-corrected chi connectivity index (χ0v) is 9.89. The summed E-state index contributed by atoms with van der Waals surface area (Å²) < 4.78 is 1.16. The molecule has 0 heterocycles. The van der Waals surface area contributed by atoms with Gasteiger partial charge in [0, 0.05) is 16.7 Å². The second kappa shape index (κ2) is 4.83. The van der Waals surface area contributed by atoms with Gasteiger partial charge in [-0.2, -0.15) is 0 Å². The van der Waals surface area contributed by atoms with E-state index in [1.807, 2.05) is 6.07 Å². The first-order chi connectivity index (χ1) is 6.86. The first-order valence-electron chi connectivity index (χ1n) is 5.34. The summed E-state index contributed by atoms with van der Waals surface area (Å²) in [6, 6.07) is 8.32. The lowest BCUT2D eigenvalue weighted by atomic mass is 10.1. The summed E-state index contributed by atoms with van der Waals surface area (Å²) in [4.78, 5) is 0. The fourth-order valence-electron chi connectivity index (χ4n) is 2.07. The maximum absolute atomic E-state index is 3.54. The van der Waals surface area contributed by atoms with Crippen molar-refractivity contribution in [2.45, 2.75) is 25.7 Å². The molecule has 2 rings (SSSR count). The number of rotatable bonds is 3. The smallest absolute Gasteiger partial charge is 0.0484 e. The molecule has 0 aromatic heterocycles. The van der Waals surface area contributed by atoms with Crippen LogP contribution in [-0.4, -0.2) is 6.54 Å². The van der Waals surface area contributed by atoms with Crippen LogP contribution in [0.4, 0.5) is 5.69 Å². The normalized spacial score (nSPS) is 17.2. The van der Waals surface area contributed by atoms with Crippen molar-refractivity contribution >= 4 is 21.6 Å². The van der Waals surface area contributed by atoms with Crippen LogP contribution in [0.3, 0.4) is 0 Å². The summed E-state index contributed by atoms with van der Waals surface area (Å²) in [7, 11) is 0. The molecule has 2 heteroatoms. The van der Waals surface area contributed by atoms with Crippen LogP contribution in [0, 0.1) is 5.92 Å². The minimum Gasteiger partial charge on any atom is -0.384 e. The Hall–Kier alpha value is -0.500. The first kappa shape index (κ1) is 10.0. The SMILES string of the molecule is Brc1ccccc1NCC1CCCC1. The standard InChI is InChI=1S/C12H16BrN/c13-11-7-3-4-8-12(11)14-9-10-5-1-2-6-10/h3-4,7-8,10,14H,1-2,5-6,9H2. The second-order valence-electron chi connectivity index (χ2n) is 4.01. The van der Waals surface area contributed by atoms with Gasteiger partial charge < -0.3 is 5.32 Å². The van der Waals surface area contributed by atoms with Gasteiger partial charge in [0.05, 0.1) is 0 Å². The van der Waals surface area contributed by atoms with Gasteiger partial charge in [0.2, 0.25) is 0 Å². The Balaban J connectivity index is 1.88. The Morgan fingerprint density at radius 2 is 1.93 bits per heavy atom. The maximum atomic E-state index is 3.54. The van der Waals surface area contributed by atoms with Crippen LogP contribution in [0.5, 0.6) is 0 Å². The minimum atomic E-state index is 0.891. The molecule has 1 aliphatic rings. The van der Waals surface area contributed by atoms with Crippen LogP contribution >= 0.6 is 15.9 Å². The zero-order chi connectivity index (χ0) is 9.80. The summed E-state index contributed by atoms with van der Waals surface area (Å²) in [5.74, 6) is 0.891. The fourth-order valence-corrected chi connectivity index (χ4v) is 2.50. The van der Waals surface area contributed by atoms with Gasteiger partial charge in [-0.25, -0.2) is 0 Å². The highest BCUT2D eigenvalue weighted by molar-refractivity contribution is 9.10. The van der Waals surface area contributed by atoms with Gasteiger partial charge in [0.25, 0.3) is 0 Å². The van der Waals surface area contributed by atoms with E-state index in [1.165, 1.54) is 31.4 Å². The van der Waals surface area contributed by atoms with E-state index >= 15 is 0 Å². The Morgan fingerprint density at radius 1 is 1.21 bits per heavy atom. The molecule has 0 amide bonds. The van der Waals surface area contributed by atoms with Crippen molar-refractivity contribution in [2.24, 2.45) is 5.92 Å². The number of anilines is 1. The molecule has 0 spiro atoms. The Kier molecular flexibility index (Phi) is 3.46. The quantitative estimate of drug-likeness (QED) is 0.857. The number of hydrogen-bond acceptors (Lipinski definition) is 1. The molecule has 0 unspecified atom stereocenters. The average molecular weight is 254 g/mol. The van der Waals surface area contributed by atoms with E-state index in [0.29, 0.717) is 0 Å². The molecule has 0 saturated heterocycles. The molecule has 1 fully saturated rings. The Labute approximate surface area is 94.0 Å². The molecule has 0 bridgehead atoms. The number of halogens is 1. The molecule has 1 N–H and O–H groups in total. The van der Waals surface area contributed by atoms with Crippen molar-refractivity contribution in [1.29, 1.82) is 0 Å². The number of hydrogen-bond donors (Lipinski definition) is 1. The van der Waals surface area contributed by atoms with Crippen LogP contribution in [-0.2, 0) is 0 Å². The van der Waals surface area contributed by atoms with Crippen LogP contribution < -0.4 is 5.32 Å². The molecule has 76 valence electrons. The van der Waals surface area contributed by atoms with Gasteiger partial charge in [-0.3, -0.25) is 0 Å². The maximum Gasteiger partial charge on any atom is 0.0484 e. The number of benzene rings is 1. The largest absolute Gasteiger partial charge is 0.384 e. The molecule has 0 aliphatic heterocycles. The van der Waals surface area contributed by atoms with Crippen LogP contribution in [0.1, 0.15) is 25.7 Å². The molecule has 0 atom stereocenters. The number of nitrogens with one attached hydrogen (secondary N) is 1. The molecule has 1 aromatic rings. The Bertz CT molecular complexity index is 292. The lowest BCUT2D eigenvalue weighted by Gasteiger charge is -2.12. The predicted octanol–water partition coefficient (Wildman–Crippen LogP) is 4.05. The van der Waals surface area contributed by atoms with Crippen molar-refractivity contribution in [3.05, 3.63) is 28.7 Å². The fraction of sp³-hybridized carbons (Fsp3) is 0.500. The summed E-state index contributed by atoms with van der Waals surface area (Å²) in [6.45, 7) is 1.13. The van der Waals surface area contributed by atoms with Gasteiger partial charge in [0.1, 0.15) is 0 Å². The van der Waals surface area contributed by atoms with Crippen LogP contribution in [0.25, 0.3) is 0 Å². The lowest BCUT2D eigenvalue weighted by Crippen LogP contribution is -2.11. The molecule has 1 saturated carbocycles. The molecule has 14 heavy (non-hydrogen) atoms. The molecular weight excluding hydrogens is 238 g/mol. The van der Waals surface area contributed by atoms with E-state index in [4.69, 9.17) is 0 Å². The van der Waals surface area contributed by atoms with Crippen LogP contribution in [0.15, 0.2) is 28.7 Å². The van der Waals surface area contributed by atoms with Gasteiger partial charge >= 0.3 is 0 Å². The van der Waals surface area contributed by atoms with E-state index in [1.54, 1.807) is 0 Å². The van der Waals surface area contributed by atoms with E-state index in [9.17, 15) is 0 Å². The minimum absolute atomic E-state index is 0.891. The summed E-state index contributed by atoms with van der Waals surface area (Å²) in [5, 5.41) is 3.51. The van der Waals surface area contributed by atoms with E-state index in [-0.39, 0.29) is 0 Å².